The molecule has 1 aromatic rings. The van der Waals surface area contributed by atoms with E-state index in [4.69, 9.17) is 0 Å². The fraction of sp³-hybridized carbons (Fsp3) is 0.500. The normalized spacial score (nSPS) is 19.9. The molecule has 2 rings (SSSR count). The summed E-state index contributed by atoms with van der Waals surface area (Å²) in [5.74, 6) is -0.0909. The third-order valence-electron chi connectivity index (χ3n) is 3.34. The Bertz CT molecular complexity index is 473. The van der Waals surface area contributed by atoms with Gasteiger partial charge < -0.3 is 5.32 Å². The molecule has 0 aliphatic carbocycles. The van der Waals surface area contributed by atoms with Crippen LogP contribution in [0.25, 0.3) is 0 Å². The fourth-order valence-corrected chi connectivity index (χ4v) is 2.53. The number of hydrogen-bond donors (Lipinski definition) is 1. The molecule has 0 aromatic heterocycles. The van der Waals surface area contributed by atoms with Gasteiger partial charge in [-0.3, -0.25) is 9.69 Å². The molecule has 20 heavy (non-hydrogen) atoms. The van der Waals surface area contributed by atoms with Crippen molar-refractivity contribution < 1.29 is 9.59 Å². The van der Waals surface area contributed by atoms with E-state index in [1.807, 2.05) is 30.3 Å². The lowest BCUT2D eigenvalue weighted by atomic mass is 9.86. The van der Waals surface area contributed by atoms with Gasteiger partial charge in [0.2, 0.25) is 5.91 Å². The lowest BCUT2D eigenvalue weighted by molar-refractivity contribution is -0.130. The summed E-state index contributed by atoms with van der Waals surface area (Å²) in [6.45, 7) is 6.67. The summed E-state index contributed by atoms with van der Waals surface area (Å²) < 4.78 is 0. The first kappa shape index (κ1) is 14.6. The number of hydrogen-bond acceptors (Lipinski definition) is 2. The maximum Gasteiger partial charge on any atom is 0.324 e. The van der Waals surface area contributed by atoms with Crippen molar-refractivity contribution in [1.29, 1.82) is 0 Å². The quantitative estimate of drug-likeness (QED) is 0.921. The van der Waals surface area contributed by atoms with Crippen molar-refractivity contribution in [3.05, 3.63) is 35.9 Å². The SMILES string of the molecule is CC(C)(C)CC1CC(=O)N(Cc2ccccc2)C(=O)N1. The van der Waals surface area contributed by atoms with Gasteiger partial charge in [-0.05, 0) is 17.4 Å². The van der Waals surface area contributed by atoms with Crippen LogP contribution in [0.3, 0.4) is 0 Å². The Morgan fingerprint density at radius 2 is 1.85 bits per heavy atom. The van der Waals surface area contributed by atoms with Crippen molar-refractivity contribution >= 4 is 11.9 Å². The number of imide groups is 1. The van der Waals surface area contributed by atoms with Crippen molar-refractivity contribution in [2.45, 2.75) is 46.2 Å². The molecule has 0 radical (unpaired) electrons. The van der Waals surface area contributed by atoms with Crippen molar-refractivity contribution in [3.63, 3.8) is 0 Å². The molecule has 1 atom stereocenters. The van der Waals surface area contributed by atoms with E-state index in [2.05, 4.69) is 26.1 Å². The lowest BCUT2D eigenvalue weighted by Gasteiger charge is -2.34. The minimum atomic E-state index is -0.278. The Hall–Kier alpha value is -1.84. The third kappa shape index (κ3) is 3.83. The number of nitrogens with zero attached hydrogens (tertiary/aromatic N) is 1. The van der Waals surface area contributed by atoms with E-state index in [0.717, 1.165) is 12.0 Å². The van der Waals surface area contributed by atoms with Crippen LogP contribution in [0.15, 0.2) is 30.3 Å². The molecule has 1 aliphatic rings. The molecule has 1 aromatic carbocycles. The maximum absolute atomic E-state index is 12.2. The predicted octanol–water partition coefficient (Wildman–Crippen LogP) is 2.93. The van der Waals surface area contributed by atoms with Gasteiger partial charge in [0.1, 0.15) is 0 Å². The maximum atomic E-state index is 12.2. The molecule has 1 heterocycles. The van der Waals surface area contributed by atoms with E-state index in [-0.39, 0.29) is 23.4 Å². The Labute approximate surface area is 120 Å². The predicted molar refractivity (Wildman–Crippen MR) is 78.0 cm³/mol. The van der Waals surface area contributed by atoms with Gasteiger partial charge >= 0.3 is 6.03 Å². The van der Waals surface area contributed by atoms with E-state index < -0.39 is 0 Å². The molecule has 1 N–H and O–H groups in total. The van der Waals surface area contributed by atoms with E-state index >= 15 is 0 Å². The van der Waals surface area contributed by atoms with Gasteiger partial charge in [0, 0.05) is 12.5 Å². The van der Waals surface area contributed by atoms with E-state index in [0.29, 0.717) is 13.0 Å². The number of rotatable bonds is 3. The molecular formula is C16H22N2O2. The number of benzene rings is 1. The summed E-state index contributed by atoms with van der Waals surface area (Å²) in [5.41, 5.74) is 1.06. The summed E-state index contributed by atoms with van der Waals surface area (Å²) >= 11 is 0. The van der Waals surface area contributed by atoms with Crippen molar-refractivity contribution in [1.82, 2.24) is 10.2 Å². The van der Waals surface area contributed by atoms with Crippen LogP contribution >= 0.6 is 0 Å². The Morgan fingerprint density at radius 1 is 1.20 bits per heavy atom. The van der Waals surface area contributed by atoms with E-state index in [1.54, 1.807) is 0 Å². The average molecular weight is 274 g/mol. The highest BCUT2D eigenvalue weighted by Gasteiger charge is 2.33. The number of amides is 3. The lowest BCUT2D eigenvalue weighted by Crippen LogP contribution is -2.54. The number of carbonyl (C=O) groups is 2. The van der Waals surface area contributed by atoms with Gasteiger partial charge in [0.15, 0.2) is 0 Å². The minimum absolute atomic E-state index is 0.0537. The monoisotopic (exact) mass is 274 g/mol. The molecule has 108 valence electrons. The van der Waals surface area contributed by atoms with Crippen molar-refractivity contribution in [2.75, 3.05) is 0 Å². The highest BCUT2D eigenvalue weighted by molar-refractivity contribution is 5.97. The topological polar surface area (TPSA) is 49.4 Å². The van der Waals surface area contributed by atoms with Crippen LogP contribution < -0.4 is 5.32 Å². The summed E-state index contributed by atoms with van der Waals surface area (Å²) in [5, 5.41) is 2.94. The molecule has 0 spiro atoms. The van der Waals surface area contributed by atoms with Crippen molar-refractivity contribution in [3.8, 4) is 0 Å². The zero-order chi connectivity index (χ0) is 14.8. The molecule has 1 unspecified atom stereocenters. The molecule has 0 saturated carbocycles. The molecule has 0 bridgehead atoms. The fourth-order valence-electron chi connectivity index (χ4n) is 2.53. The van der Waals surface area contributed by atoms with Gasteiger partial charge in [0.05, 0.1) is 6.54 Å². The molecule has 1 saturated heterocycles. The van der Waals surface area contributed by atoms with Gasteiger partial charge in [-0.25, -0.2) is 4.79 Å². The number of nitrogens with one attached hydrogen (secondary N) is 1. The average Bonchev–Trinajstić information content (AvgIpc) is 2.33. The summed E-state index contributed by atoms with van der Waals surface area (Å²) in [4.78, 5) is 25.6. The van der Waals surface area contributed by atoms with Crippen LogP contribution in [0.5, 0.6) is 0 Å². The van der Waals surface area contributed by atoms with Crippen LogP contribution in [0.2, 0.25) is 0 Å². The first-order chi connectivity index (χ1) is 9.35. The highest BCUT2D eigenvalue weighted by atomic mass is 16.2. The van der Waals surface area contributed by atoms with Crippen LogP contribution in [0.1, 0.15) is 39.2 Å². The number of carbonyl (C=O) groups excluding carboxylic acids is 2. The molecular weight excluding hydrogens is 252 g/mol. The summed E-state index contributed by atoms with van der Waals surface area (Å²) in [7, 11) is 0. The smallest absolute Gasteiger partial charge is 0.324 e. The van der Waals surface area contributed by atoms with Gasteiger partial charge in [-0.2, -0.15) is 0 Å². The zero-order valence-electron chi connectivity index (χ0n) is 12.3. The van der Waals surface area contributed by atoms with Crippen LogP contribution in [0, 0.1) is 5.41 Å². The Balaban J connectivity index is 2.01. The van der Waals surface area contributed by atoms with Crippen molar-refractivity contribution in [2.24, 2.45) is 5.41 Å². The van der Waals surface area contributed by atoms with Crippen LogP contribution in [-0.4, -0.2) is 22.9 Å². The number of urea groups is 1. The standard InChI is InChI=1S/C16H22N2O2/c1-16(2,3)10-13-9-14(19)18(15(20)17-13)11-12-7-5-4-6-8-12/h4-8,13H,9-11H2,1-3H3,(H,17,20). The molecule has 4 heteroatoms. The molecule has 1 aliphatic heterocycles. The summed E-state index contributed by atoms with van der Waals surface area (Å²) in [6.07, 6.45) is 1.19. The first-order valence-corrected chi connectivity index (χ1v) is 7.00. The Morgan fingerprint density at radius 3 is 2.40 bits per heavy atom. The van der Waals surface area contributed by atoms with E-state index in [9.17, 15) is 9.59 Å². The van der Waals surface area contributed by atoms with Gasteiger partial charge in [-0.15, -0.1) is 0 Å². The molecule has 3 amide bonds. The second kappa shape index (κ2) is 5.65. The van der Waals surface area contributed by atoms with Gasteiger partial charge in [0.25, 0.3) is 0 Å². The third-order valence-corrected chi connectivity index (χ3v) is 3.34. The largest absolute Gasteiger partial charge is 0.334 e. The van der Waals surface area contributed by atoms with Crippen LogP contribution in [-0.2, 0) is 11.3 Å². The van der Waals surface area contributed by atoms with E-state index in [1.165, 1.54) is 4.90 Å². The highest BCUT2D eigenvalue weighted by Crippen LogP contribution is 2.24. The second-order valence-corrected chi connectivity index (χ2v) is 6.58. The minimum Gasteiger partial charge on any atom is -0.334 e. The van der Waals surface area contributed by atoms with Gasteiger partial charge in [-0.1, -0.05) is 51.1 Å². The summed E-state index contributed by atoms with van der Waals surface area (Å²) in [6, 6.07) is 9.24. The Kier molecular flexibility index (Phi) is 4.12. The molecule has 1 fully saturated rings. The second-order valence-electron chi connectivity index (χ2n) is 6.58. The molecule has 4 nitrogen and oxygen atoms in total. The first-order valence-electron chi connectivity index (χ1n) is 7.00. The zero-order valence-corrected chi connectivity index (χ0v) is 12.3. The van der Waals surface area contributed by atoms with Crippen LogP contribution in [0.4, 0.5) is 4.79 Å².